The monoisotopic (exact) mass is 366 g/mol. The van der Waals surface area contributed by atoms with E-state index in [9.17, 15) is 14.4 Å². The predicted molar refractivity (Wildman–Crippen MR) is 104 cm³/mol. The summed E-state index contributed by atoms with van der Waals surface area (Å²) in [5.41, 5.74) is 1.25. The normalized spacial score (nSPS) is 11.5. The molecule has 1 heterocycles. The van der Waals surface area contributed by atoms with Gasteiger partial charge in [0.1, 0.15) is 13.2 Å². The Morgan fingerprint density at radius 3 is 2.26 bits per heavy atom. The molecular weight excluding hydrogens is 344 g/mol. The number of ether oxygens (including phenoxy) is 1. The number of H-pyrrole nitrogens is 1. The molecule has 0 fully saturated rings. The topological polar surface area (TPSA) is 81.2 Å². The molecule has 0 aliphatic heterocycles. The van der Waals surface area contributed by atoms with Crippen LogP contribution < -0.4 is 11.1 Å². The average molecular weight is 366 g/mol. The maximum Gasteiger partial charge on any atom is 0.328 e. The number of hydrogen-bond acceptors (Lipinski definition) is 4. The minimum absolute atomic E-state index is 0.0539. The minimum atomic E-state index is -0.595. The molecular formula is C21H22N2O4. The van der Waals surface area contributed by atoms with E-state index < -0.39 is 17.1 Å². The smallest absolute Gasteiger partial charge is 0.328 e. The molecule has 6 nitrogen and oxygen atoms in total. The molecule has 6 heteroatoms. The molecule has 0 aliphatic rings. The second kappa shape index (κ2) is 7.23. The lowest BCUT2D eigenvalue weighted by Gasteiger charge is -2.19. The van der Waals surface area contributed by atoms with Gasteiger partial charge in [0.25, 0.3) is 11.1 Å². The van der Waals surface area contributed by atoms with Crippen LogP contribution in [0.3, 0.4) is 0 Å². The highest BCUT2D eigenvalue weighted by atomic mass is 16.5. The van der Waals surface area contributed by atoms with Crippen molar-refractivity contribution in [1.82, 2.24) is 9.78 Å². The van der Waals surface area contributed by atoms with Gasteiger partial charge in [-0.2, -0.15) is 0 Å². The van der Waals surface area contributed by atoms with Crippen molar-refractivity contribution >= 4 is 16.7 Å². The first-order valence-electron chi connectivity index (χ1n) is 8.72. The fraction of sp³-hybridized carbons (Fsp3) is 0.286. The fourth-order valence-electron chi connectivity index (χ4n) is 2.80. The van der Waals surface area contributed by atoms with Crippen molar-refractivity contribution in [2.24, 2.45) is 0 Å². The third kappa shape index (κ3) is 4.16. The molecule has 0 radical (unpaired) electrons. The summed E-state index contributed by atoms with van der Waals surface area (Å²) in [6.45, 7) is 6.15. The van der Waals surface area contributed by atoms with E-state index in [2.05, 4.69) is 25.9 Å². The van der Waals surface area contributed by atoms with Crippen molar-refractivity contribution < 1.29 is 9.53 Å². The van der Waals surface area contributed by atoms with Gasteiger partial charge in [0.15, 0.2) is 0 Å². The molecule has 3 rings (SSSR count). The Balaban J connectivity index is 1.70. The number of aromatic nitrogens is 2. The number of nitrogens with zero attached hydrogens (tertiary/aromatic N) is 1. The fourth-order valence-corrected chi connectivity index (χ4v) is 2.80. The summed E-state index contributed by atoms with van der Waals surface area (Å²) in [6, 6.07) is 14.3. The summed E-state index contributed by atoms with van der Waals surface area (Å²) in [6.07, 6.45) is 0. The van der Waals surface area contributed by atoms with Crippen molar-refractivity contribution in [2.45, 2.75) is 39.3 Å². The third-order valence-corrected chi connectivity index (χ3v) is 4.39. The number of esters is 1. The van der Waals surface area contributed by atoms with Crippen LogP contribution in [0.15, 0.2) is 58.1 Å². The van der Waals surface area contributed by atoms with Crippen LogP contribution in [-0.2, 0) is 28.1 Å². The molecule has 0 saturated carbocycles. The quantitative estimate of drug-likeness (QED) is 0.720. The molecule has 0 spiro atoms. The molecule has 1 aromatic heterocycles. The van der Waals surface area contributed by atoms with E-state index >= 15 is 0 Å². The Hall–Kier alpha value is -3.15. The maximum absolute atomic E-state index is 12.4. The number of benzene rings is 2. The number of carbonyl (C=O) groups is 1. The van der Waals surface area contributed by atoms with Crippen LogP contribution in [0.25, 0.3) is 10.8 Å². The summed E-state index contributed by atoms with van der Waals surface area (Å²) in [5, 5.41) is 2.99. The van der Waals surface area contributed by atoms with Gasteiger partial charge in [-0.1, -0.05) is 57.2 Å². The standard InChI is InChI=1S/C21H22N2O4/c1-21(2,3)15-10-8-14(9-11-15)13-27-18(24)12-23-20(26)17-7-5-4-6-16(17)19(25)22-23/h4-11H,12-13H2,1-3H3,(H,22,25). The number of nitrogens with one attached hydrogen (secondary N) is 1. The first-order chi connectivity index (χ1) is 12.8. The van der Waals surface area contributed by atoms with Gasteiger partial charge in [-0.15, -0.1) is 0 Å². The van der Waals surface area contributed by atoms with Crippen molar-refractivity contribution in [1.29, 1.82) is 0 Å². The lowest BCUT2D eigenvalue weighted by atomic mass is 9.87. The van der Waals surface area contributed by atoms with Gasteiger partial charge >= 0.3 is 5.97 Å². The predicted octanol–water partition coefficient (Wildman–Crippen LogP) is 2.73. The van der Waals surface area contributed by atoms with Crippen molar-refractivity contribution in [3.8, 4) is 0 Å². The van der Waals surface area contributed by atoms with E-state index in [-0.39, 0.29) is 24.0 Å². The molecule has 0 atom stereocenters. The molecule has 0 amide bonds. The zero-order chi connectivity index (χ0) is 19.6. The van der Waals surface area contributed by atoms with Crippen molar-refractivity contribution in [3.05, 3.63) is 80.4 Å². The second-order valence-electron chi connectivity index (χ2n) is 7.49. The van der Waals surface area contributed by atoms with Crippen LogP contribution in [0.4, 0.5) is 0 Å². The van der Waals surface area contributed by atoms with E-state index in [0.29, 0.717) is 5.39 Å². The van der Waals surface area contributed by atoms with Crippen LogP contribution >= 0.6 is 0 Å². The number of fused-ring (bicyclic) bond motifs is 1. The van der Waals surface area contributed by atoms with Gasteiger partial charge in [-0.05, 0) is 28.7 Å². The zero-order valence-corrected chi connectivity index (χ0v) is 15.6. The molecule has 0 aliphatic carbocycles. The number of hydrogen-bond donors (Lipinski definition) is 1. The lowest BCUT2D eigenvalue weighted by molar-refractivity contribution is -0.146. The van der Waals surface area contributed by atoms with Crippen LogP contribution in [-0.4, -0.2) is 15.7 Å². The molecule has 0 unspecified atom stereocenters. The van der Waals surface area contributed by atoms with E-state index in [1.807, 2.05) is 24.3 Å². The second-order valence-corrected chi connectivity index (χ2v) is 7.49. The van der Waals surface area contributed by atoms with Gasteiger partial charge < -0.3 is 4.74 Å². The highest BCUT2D eigenvalue weighted by Gasteiger charge is 2.14. The van der Waals surface area contributed by atoms with Crippen LogP contribution in [0, 0.1) is 0 Å². The zero-order valence-electron chi connectivity index (χ0n) is 15.6. The Labute approximate surface area is 156 Å². The molecule has 27 heavy (non-hydrogen) atoms. The minimum Gasteiger partial charge on any atom is -0.459 e. The first kappa shape index (κ1) is 18.6. The van der Waals surface area contributed by atoms with E-state index in [4.69, 9.17) is 4.74 Å². The summed E-state index contributed by atoms with van der Waals surface area (Å²) in [7, 11) is 0. The average Bonchev–Trinajstić information content (AvgIpc) is 2.64. The number of aromatic amines is 1. The molecule has 2 aromatic carbocycles. The largest absolute Gasteiger partial charge is 0.459 e. The van der Waals surface area contributed by atoms with E-state index in [1.54, 1.807) is 24.3 Å². The molecule has 0 saturated heterocycles. The number of carbonyl (C=O) groups excluding carboxylic acids is 1. The number of rotatable bonds is 4. The van der Waals surface area contributed by atoms with Gasteiger partial charge in [-0.3, -0.25) is 19.5 Å². The van der Waals surface area contributed by atoms with Gasteiger partial charge in [0.2, 0.25) is 0 Å². The van der Waals surface area contributed by atoms with Crippen molar-refractivity contribution in [2.75, 3.05) is 0 Å². The van der Waals surface area contributed by atoms with Gasteiger partial charge in [-0.25, -0.2) is 4.68 Å². The Morgan fingerprint density at radius 1 is 1.00 bits per heavy atom. The van der Waals surface area contributed by atoms with Gasteiger partial charge in [0.05, 0.1) is 10.8 Å². The van der Waals surface area contributed by atoms with Gasteiger partial charge in [0, 0.05) is 0 Å². The summed E-state index contributed by atoms with van der Waals surface area (Å²) in [5.74, 6) is -0.595. The van der Waals surface area contributed by atoms with Crippen LogP contribution in [0.2, 0.25) is 0 Å². The van der Waals surface area contributed by atoms with E-state index in [1.165, 1.54) is 5.56 Å². The maximum atomic E-state index is 12.4. The molecule has 0 bridgehead atoms. The highest BCUT2D eigenvalue weighted by Crippen LogP contribution is 2.22. The van der Waals surface area contributed by atoms with E-state index in [0.717, 1.165) is 10.2 Å². The molecule has 3 aromatic rings. The highest BCUT2D eigenvalue weighted by molar-refractivity contribution is 5.80. The summed E-state index contributed by atoms with van der Waals surface area (Å²) in [4.78, 5) is 36.6. The Morgan fingerprint density at radius 2 is 1.63 bits per heavy atom. The summed E-state index contributed by atoms with van der Waals surface area (Å²) < 4.78 is 6.23. The molecule has 140 valence electrons. The third-order valence-electron chi connectivity index (χ3n) is 4.39. The Bertz CT molecular complexity index is 1090. The lowest BCUT2D eigenvalue weighted by Crippen LogP contribution is -2.32. The first-order valence-corrected chi connectivity index (χ1v) is 8.72. The Kier molecular flexibility index (Phi) is 4.99. The molecule has 1 N–H and O–H groups in total. The summed E-state index contributed by atoms with van der Waals surface area (Å²) >= 11 is 0. The van der Waals surface area contributed by atoms with Crippen molar-refractivity contribution in [3.63, 3.8) is 0 Å². The van der Waals surface area contributed by atoms with Crippen LogP contribution in [0.5, 0.6) is 0 Å². The van der Waals surface area contributed by atoms with Crippen LogP contribution in [0.1, 0.15) is 31.9 Å². The SMILES string of the molecule is CC(C)(C)c1ccc(COC(=O)Cn2[nH]c(=O)c3ccccc3c2=O)cc1.